The molecule has 0 unspecified atom stereocenters. The summed E-state index contributed by atoms with van der Waals surface area (Å²) >= 11 is 3.42. The molecule has 2 rings (SSSR count). The molecule has 0 fully saturated rings. The molecule has 0 radical (unpaired) electrons. The molecule has 3 nitrogen and oxygen atoms in total. The molecular formula is C11H11BrN2O. The minimum atomic E-state index is -0.269. The topological polar surface area (TPSA) is 48.0 Å². The first-order chi connectivity index (χ1) is 7.16. The van der Waals surface area contributed by atoms with E-state index in [0.717, 1.165) is 15.4 Å². The van der Waals surface area contributed by atoms with Crippen molar-refractivity contribution in [1.82, 2.24) is 4.57 Å². The van der Waals surface area contributed by atoms with Crippen LogP contribution in [-0.4, -0.2) is 10.5 Å². The van der Waals surface area contributed by atoms with Crippen molar-refractivity contribution in [3.05, 3.63) is 34.9 Å². The number of carbonyl (C=O) groups excluding carboxylic acids is 1. The molecule has 2 aromatic rings. The van der Waals surface area contributed by atoms with Gasteiger partial charge in [0, 0.05) is 34.5 Å². The molecule has 78 valence electrons. The van der Waals surface area contributed by atoms with Gasteiger partial charge in [0.15, 0.2) is 0 Å². The standard InChI is InChI=1S/C11H11BrN2O/c12-9-1-2-10-8(7-9)3-5-14(10)6-4-11(13)15/h1-3,5,7H,4,6H2,(H2,13,15). The number of carbonyl (C=O) groups is 1. The van der Waals surface area contributed by atoms with E-state index in [0.29, 0.717) is 13.0 Å². The lowest BCUT2D eigenvalue weighted by Crippen LogP contribution is -2.13. The van der Waals surface area contributed by atoms with Crippen LogP contribution < -0.4 is 5.73 Å². The maximum absolute atomic E-state index is 10.7. The molecule has 0 atom stereocenters. The SMILES string of the molecule is NC(=O)CCn1ccc2cc(Br)ccc21. The van der Waals surface area contributed by atoms with Crippen LogP contribution in [0.3, 0.4) is 0 Å². The molecule has 0 aliphatic rings. The molecule has 0 aliphatic carbocycles. The molecule has 0 spiro atoms. The summed E-state index contributed by atoms with van der Waals surface area (Å²) in [5.74, 6) is -0.269. The van der Waals surface area contributed by atoms with Crippen molar-refractivity contribution in [3.8, 4) is 0 Å². The van der Waals surface area contributed by atoms with Crippen LogP contribution in [0.5, 0.6) is 0 Å². The molecule has 1 aromatic heterocycles. The van der Waals surface area contributed by atoms with Crippen molar-refractivity contribution in [2.45, 2.75) is 13.0 Å². The van der Waals surface area contributed by atoms with E-state index in [1.165, 1.54) is 0 Å². The Morgan fingerprint density at radius 2 is 2.20 bits per heavy atom. The first-order valence-corrected chi connectivity index (χ1v) is 5.49. The Labute approximate surface area is 96.0 Å². The summed E-state index contributed by atoms with van der Waals surface area (Å²) in [7, 11) is 0. The summed E-state index contributed by atoms with van der Waals surface area (Å²) in [5.41, 5.74) is 6.24. The number of hydrogen-bond donors (Lipinski definition) is 1. The number of fused-ring (bicyclic) bond motifs is 1. The van der Waals surface area contributed by atoms with E-state index >= 15 is 0 Å². The monoisotopic (exact) mass is 266 g/mol. The number of halogens is 1. The van der Waals surface area contributed by atoms with Crippen LogP contribution in [-0.2, 0) is 11.3 Å². The van der Waals surface area contributed by atoms with Crippen LogP contribution in [0.1, 0.15) is 6.42 Å². The van der Waals surface area contributed by atoms with Crippen LogP contribution in [0.4, 0.5) is 0 Å². The molecular weight excluding hydrogens is 256 g/mol. The number of nitrogens with zero attached hydrogens (tertiary/aromatic N) is 1. The Morgan fingerprint density at radius 1 is 1.40 bits per heavy atom. The summed E-state index contributed by atoms with van der Waals surface area (Å²) in [5, 5.41) is 1.16. The van der Waals surface area contributed by atoms with Crippen LogP contribution in [0.2, 0.25) is 0 Å². The molecule has 0 bridgehead atoms. The fourth-order valence-corrected chi connectivity index (χ4v) is 1.98. The fraction of sp³-hybridized carbons (Fsp3) is 0.182. The lowest BCUT2D eigenvalue weighted by Gasteiger charge is -2.03. The predicted octanol–water partition coefficient (Wildman–Crippen LogP) is 2.28. The van der Waals surface area contributed by atoms with Crippen LogP contribution in [0, 0.1) is 0 Å². The third-order valence-corrected chi connectivity index (χ3v) is 2.83. The smallest absolute Gasteiger partial charge is 0.219 e. The second-order valence-corrected chi connectivity index (χ2v) is 4.34. The summed E-state index contributed by atoms with van der Waals surface area (Å²) in [6.07, 6.45) is 2.35. The molecule has 4 heteroatoms. The Morgan fingerprint density at radius 3 is 2.93 bits per heavy atom. The summed E-state index contributed by atoms with van der Waals surface area (Å²) < 4.78 is 3.09. The second-order valence-electron chi connectivity index (χ2n) is 3.43. The largest absolute Gasteiger partial charge is 0.370 e. The van der Waals surface area contributed by atoms with Gasteiger partial charge in [0.2, 0.25) is 5.91 Å². The third kappa shape index (κ3) is 2.21. The highest BCUT2D eigenvalue weighted by Gasteiger charge is 2.02. The van der Waals surface area contributed by atoms with Gasteiger partial charge in [-0.25, -0.2) is 0 Å². The average molecular weight is 267 g/mol. The first kappa shape index (κ1) is 10.2. The van der Waals surface area contributed by atoms with Gasteiger partial charge in [-0.05, 0) is 24.3 Å². The van der Waals surface area contributed by atoms with Crippen LogP contribution >= 0.6 is 15.9 Å². The lowest BCUT2D eigenvalue weighted by molar-refractivity contribution is -0.118. The zero-order chi connectivity index (χ0) is 10.8. The zero-order valence-corrected chi connectivity index (χ0v) is 9.70. The van der Waals surface area contributed by atoms with Gasteiger partial charge >= 0.3 is 0 Å². The molecule has 1 heterocycles. The minimum Gasteiger partial charge on any atom is -0.370 e. The predicted molar refractivity (Wildman–Crippen MR) is 63.4 cm³/mol. The Hall–Kier alpha value is -1.29. The van der Waals surface area contributed by atoms with E-state index in [1.807, 2.05) is 29.0 Å². The maximum atomic E-state index is 10.7. The number of primary amides is 1. The third-order valence-electron chi connectivity index (χ3n) is 2.33. The van der Waals surface area contributed by atoms with Gasteiger partial charge in [0.25, 0.3) is 0 Å². The fourth-order valence-electron chi connectivity index (χ4n) is 1.60. The summed E-state index contributed by atoms with van der Waals surface area (Å²) in [6, 6.07) is 8.10. The molecule has 0 saturated heterocycles. The average Bonchev–Trinajstić information content (AvgIpc) is 2.57. The van der Waals surface area contributed by atoms with Gasteiger partial charge in [-0.2, -0.15) is 0 Å². The van der Waals surface area contributed by atoms with Gasteiger partial charge < -0.3 is 10.3 Å². The van der Waals surface area contributed by atoms with Crippen LogP contribution in [0.25, 0.3) is 10.9 Å². The number of hydrogen-bond acceptors (Lipinski definition) is 1. The van der Waals surface area contributed by atoms with E-state index in [2.05, 4.69) is 22.0 Å². The number of rotatable bonds is 3. The van der Waals surface area contributed by atoms with Gasteiger partial charge in [-0.15, -0.1) is 0 Å². The van der Waals surface area contributed by atoms with E-state index in [-0.39, 0.29) is 5.91 Å². The molecule has 0 saturated carbocycles. The van der Waals surface area contributed by atoms with Gasteiger partial charge in [0.05, 0.1) is 0 Å². The molecule has 1 aromatic carbocycles. The van der Waals surface area contributed by atoms with Crippen molar-refractivity contribution >= 4 is 32.7 Å². The van der Waals surface area contributed by atoms with E-state index < -0.39 is 0 Å². The quantitative estimate of drug-likeness (QED) is 0.911. The normalized spacial score (nSPS) is 10.7. The van der Waals surface area contributed by atoms with E-state index in [4.69, 9.17) is 5.73 Å². The number of benzene rings is 1. The highest BCUT2D eigenvalue weighted by atomic mass is 79.9. The van der Waals surface area contributed by atoms with Crippen molar-refractivity contribution < 1.29 is 4.79 Å². The number of aryl methyl sites for hydroxylation is 1. The lowest BCUT2D eigenvalue weighted by atomic mass is 10.2. The zero-order valence-electron chi connectivity index (χ0n) is 8.11. The highest BCUT2D eigenvalue weighted by Crippen LogP contribution is 2.20. The summed E-state index contributed by atoms with van der Waals surface area (Å²) in [4.78, 5) is 10.7. The van der Waals surface area contributed by atoms with Crippen LogP contribution in [0.15, 0.2) is 34.9 Å². The molecule has 0 aliphatic heterocycles. The van der Waals surface area contributed by atoms with Gasteiger partial charge in [0.1, 0.15) is 0 Å². The Balaban J connectivity index is 2.32. The van der Waals surface area contributed by atoms with Gasteiger partial charge in [-0.1, -0.05) is 15.9 Å². The number of nitrogens with two attached hydrogens (primary N) is 1. The van der Waals surface area contributed by atoms with Crippen molar-refractivity contribution in [3.63, 3.8) is 0 Å². The minimum absolute atomic E-state index is 0.269. The second kappa shape index (κ2) is 4.06. The van der Waals surface area contributed by atoms with Crippen molar-refractivity contribution in [2.75, 3.05) is 0 Å². The van der Waals surface area contributed by atoms with E-state index in [9.17, 15) is 4.79 Å². The van der Waals surface area contributed by atoms with Gasteiger partial charge in [-0.3, -0.25) is 4.79 Å². The Kier molecular flexibility index (Phi) is 2.77. The molecule has 15 heavy (non-hydrogen) atoms. The number of aromatic nitrogens is 1. The highest BCUT2D eigenvalue weighted by molar-refractivity contribution is 9.10. The van der Waals surface area contributed by atoms with Crippen molar-refractivity contribution in [2.24, 2.45) is 5.73 Å². The Bertz CT molecular complexity index is 504. The molecule has 1 amide bonds. The maximum Gasteiger partial charge on any atom is 0.219 e. The van der Waals surface area contributed by atoms with Crippen molar-refractivity contribution in [1.29, 1.82) is 0 Å². The summed E-state index contributed by atoms with van der Waals surface area (Å²) in [6.45, 7) is 0.639. The number of amides is 1. The van der Waals surface area contributed by atoms with E-state index in [1.54, 1.807) is 0 Å². The molecule has 2 N–H and O–H groups in total. The first-order valence-electron chi connectivity index (χ1n) is 4.69.